The van der Waals surface area contributed by atoms with Gasteiger partial charge in [-0.1, -0.05) is 0 Å². The van der Waals surface area contributed by atoms with Gasteiger partial charge in [0.1, 0.15) is 17.8 Å². The van der Waals surface area contributed by atoms with Crippen molar-refractivity contribution in [3.63, 3.8) is 0 Å². The van der Waals surface area contributed by atoms with Gasteiger partial charge in [-0.25, -0.2) is 19.3 Å². The van der Waals surface area contributed by atoms with Gasteiger partial charge in [-0.2, -0.15) is 8.78 Å². The van der Waals surface area contributed by atoms with E-state index in [4.69, 9.17) is 0 Å². The molecular formula is C19H20F3N5O. The lowest BCUT2D eigenvalue weighted by molar-refractivity contribution is -0.114. The predicted molar refractivity (Wildman–Crippen MR) is 97.6 cm³/mol. The molecule has 1 aliphatic carbocycles. The summed E-state index contributed by atoms with van der Waals surface area (Å²) in [6, 6.07) is 3.11. The van der Waals surface area contributed by atoms with Gasteiger partial charge in [0.25, 0.3) is 0 Å². The Morgan fingerprint density at radius 3 is 2.61 bits per heavy atom. The van der Waals surface area contributed by atoms with Crippen LogP contribution in [0.15, 0.2) is 18.3 Å². The lowest BCUT2D eigenvalue weighted by Gasteiger charge is -2.22. The summed E-state index contributed by atoms with van der Waals surface area (Å²) in [5.74, 6) is -3.68. The molecule has 0 radical (unpaired) electrons. The van der Waals surface area contributed by atoms with E-state index in [1.165, 1.54) is 19.9 Å². The zero-order chi connectivity index (χ0) is 20.3. The van der Waals surface area contributed by atoms with E-state index in [-0.39, 0.29) is 22.8 Å². The van der Waals surface area contributed by atoms with Gasteiger partial charge in [-0.3, -0.25) is 4.79 Å². The molecule has 1 spiro atoms. The number of fused-ring (bicyclic) bond motifs is 2. The molecule has 6 nitrogen and oxygen atoms in total. The summed E-state index contributed by atoms with van der Waals surface area (Å²) in [5.41, 5.74) is 1.53. The van der Waals surface area contributed by atoms with Crippen LogP contribution in [0.1, 0.15) is 56.9 Å². The monoisotopic (exact) mass is 391 g/mol. The van der Waals surface area contributed by atoms with Gasteiger partial charge in [0, 0.05) is 49.7 Å². The van der Waals surface area contributed by atoms with Gasteiger partial charge >= 0.3 is 5.92 Å². The van der Waals surface area contributed by atoms with Crippen LogP contribution in [0, 0.1) is 0 Å². The van der Waals surface area contributed by atoms with Crippen LogP contribution in [-0.4, -0.2) is 27.4 Å². The Kier molecular flexibility index (Phi) is 4.09. The third-order valence-corrected chi connectivity index (χ3v) is 5.17. The Bertz CT molecular complexity index is 953. The number of carbonyl (C=O) groups excluding carboxylic acids is 1. The number of aromatic nitrogens is 3. The maximum Gasteiger partial charge on any atom is 0.303 e. The number of nitrogens with zero attached hydrogens (tertiary/aromatic N) is 4. The number of nitrogens with one attached hydrogen (secondary N) is 1. The molecular weight excluding hydrogens is 371 g/mol. The molecule has 0 saturated heterocycles. The van der Waals surface area contributed by atoms with Crippen molar-refractivity contribution in [1.82, 2.24) is 15.0 Å². The average molecular weight is 391 g/mol. The van der Waals surface area contributed by atoms with Gasteiger partial charge in [-0.05, 0) is 19.8 Å². The minimum absolute atomic E-state index is 0.0871. The van der Waals surface area contributed by atoms with E-state index in [1.54, 1.807) is 17.2 Å². The Morgan fingerprint density at radius 2 is 2.04 bits per heavy atom. The fraction of sp³-hybridized carbons (Fsp3) is 0.474. The number of carbonyl (C=O) groups is 1. The number of pyridine rings is 1. The van der Waals surface area contributed by atoms with Gasteiger partial charge < -0.3 is 10.2 Å². The van der Waals surface area contributed by atoms with Crippen LogP contribution in [0.3, 0.4) is 0 Å². The van der Waals surface area contributed by atoms with E-state index in [9.17, 15) is 18.0 Å². The van der Waals surface area contributed by atoms with Crippen molar-refractivity contribution >= 4 is 23.2 Å². The van der Waals surface area contributed by atoms with Gasteiger partial charge in [0.2, 0.25) is 11.7 Å². The molecule has 2 aliphatic rings. The van der Waals surface area contributed by atoms with Crippen molar-refractivity contribution < 1.29 is 18.0 Å². The lowest BCUT2D eigenvalue weighted by Crippen LogP contribution is -2.23. The maximum absolute atomic E-state index is 13.9. The first kappa shape index (κ1) is 18.6. The summed E-state index contributed by atoms with van der Waals surface area (Å²) in [6.45, 7) is 3.87. The standard InChI is InChI=1S/C19H20F3N5O/c1-10(20)13-6-16(26-17(25-13)18(3,21)22)27-9-19(4-5-19)12-8-23-15(7-14(12)27)24-11(2)28/h6-8,10H,4-5,9H2,1-3H3,(H,23,24,28). The summed E-state index contributed by atoms with van der Waals surface area (Å²) in [4.78, 5) is 25.2. The summed E-state index contributed by atoms with van der Waals surface area (Å²) in [7, 11) is 0. The topological polar surface area (TPSA) is 71.0 Å². The quantitative estimate of drug-likeness (QED) is 0.848. The molecule has 148 valence electrons. The minimum atomic E-state index is -3.29. The molecule has 2 aromatic rings. The van der Waals surface area contributed by atoms with E-state index in [0.717, 1.165) is 24.1 Å². The molecule has 1 N–H and O–H groups in total. The third kappa shape index (κ3) is 3.18. The molecule has 0 aromatic carbocycles. The Labute approximate surface area is 160 Å². The zero-order valence-electron chi connectivity index (χ0n) is 15.8. The SMILES string of the molecule is CC(=O)Nc1cc2c(cn1)C1(CC1)CN2c1cc(C(C)F)nc(C(C)(F)F)n1. The van der Waals surface area contributed by atoms with Crippen LogP contribution in [0.4, 0.5) is 30.5 Å². The van der Waals surface area contributed by atoms with E-state index in [2.05, 4.69) is 20.3 Å². The fourth-order valence-corrected chi connectivity index (χ4v) is 3.57. The molecule has 4 rings (SSSR count). The van der Waals surface area contributed by atoms with E-state index < -0.39 is 17.9 Å². The minimum Gasteiger partial charge on any atom is -0.325 e. The normalized spacial score (nSPS) is 18.1. The second kappa shape index (κ2) is 6.15. The molecule has 3 heterocycles. The van der Waals surface area contributed by atoms with Gasteiger partial charge in [0.15, 0.2) is 0 Å². The van der Waals surface area contributed by atoms with Crippen molar-refractivity contribution in [2.24, 2.45) is 0 Å². The molecule has 1 fully saturated rings. The highest BCUT2D eigenvalue weighted by Gasteiger charge is 2.52. The highest BCUT2D eigenvalue weighted by Crippen LogP contribution is 2.58. The number of amides is 1. The Balaban J connectivity index is 1.83. The Morgan fingerprint density at radius 1 is 1.32 bits per heavy atom. The second-order valence-electron chi connectivity index (χ2n) is 7.61. The van der Waals surface area contributed by atoms with Crippen molar-refractivity contribution in [3.05, 3.63) is 35.4 Å². The van der Waals surface area contributed by atoms with E-state index in [0.29, 0.717) is 19.3 Å². The molecule has 9 heteroatoms. The lowest BCUT2D eigenvalue weighted by atomic mass is 10.0. The van der Waals surface area contributed by atoms with E-state index >= 15 is 0 Å². The van der Waals surface area contributed by atoms with Crippen LogP contribution < -0.4 is 10.2 Å². The first-order valence-corrected chi connectivity index (χ1v) is 9.06. The molecule has 1 saturated carbocycles. The van der Waals surface area contributed by atoms with Crippen molar-refractivity contribution in [2.45, 2.75) is 51.1 Å². The smallest absolute Gasteiger partial charge is 0.303 e. The van der Waals surface area contributed by atoms with Crippen molar-refractivity contribution in [1.29, 1.82) is 0 Å². The van der Waals surface area contributed by atoms with Crippen molar-refractivity contribution in [3.8, 4) is 0 Å². The molecule has 1 aliphatic heterocycles. The summed E-state index contributed by atoms with van der Waals surface area (Å²) >= 11 is 0. The highest BCUT2D eigenvalue weighted by atomic mass is 19.3. The van der Waals surface area contributed by atoms with Crippen LogP contribution in [0.5, 0.6) is 0 Å². The highest BCUT2D eigenvalue weighted by molar-refractivity contribution is 5.89. The fourth-order valence-electron chi connectivity index (χ4n) is 3.57. The molecule has 2 aromatic heterocycles. The number of anilines is 3. The van der Waals surface area contributed by atoms with Crippen molar-refractivity contribution in [2.75, 3.05) is 16.8 Å². The van der Waals surface area contributed by atoms with Crippen LogP contribution in [-0.2, 0) is 16.1 Å². The Hall–Kier alpha value is -2.71. The van der Waals surface area contributed by atoms with Gasteiger partial charge in [0.05, 0.1) is 11.4 Å². The number of alkyl halides is 3. The first-order chi connectivity index (χ1) is 13.1. The second-order valence-corrected chi connectivity index (χ2v) is 7.61. The third-order valence-electron chi connectivity index (χ3n) is 5.17. The van der Waals surface area contributed by atoms with Crippen LogP contribution >= 0.6 is 0 Å². The van der Waals surface area contributed by atoms with Crippen LogP contribution in [0.25, 0.3) is 0 Å². The number of hydrogen-bond acceptors (Lipinski definition) is 5. The first-order valence-electron chi connectivity index (χ1n) is 9.06. The molecule has 0 bridgehead atoms. The zero-order valence-corrected chi connectivity index (χ0v) is 15.8. The maximum atomic E-state index is 13.9. The summed E-state index contributed by atoms with van der Waals surface area (Å²) in [6.07, 6.45) is 2.10. The van der Waals surface area contributed by atoms with E-state index in [1.807, 2.05) is 0 Å². The largest absolute Gasteiger partial charge is 0.325 e. The van der Waals surface area contributed by atoms with Gasteiger partial charge in [-0.15, -0.1) is 0 Å². The average Bonchev–Trinajstić information content (AvgIpc) is 3.31. The molecule has 28 heavy (non-hydrogen) atoms. The summed E-state index contributed by atoms with van der Waals surface area (Å²) in [5, 5.41) is 2.63. The number of halogens is 3. The molecule has 1 amide bonds. The summed E-state index contributed by atoms with van der Waals surface area (Å²) < 4.78 is 41.7. The number of rotatable bonds is 4. The number of hydrogen-bond donors (Lipinski definition) is 1. The predicted octanol–water partition coefficient (Wildman–Crippen LogP) is 4.16. The molecule has 1 unspecified atom stereocenters. The molecule has 1 atom stereocenters. The van der Waals surface area contributed by atoms with Crippen LogP contribution in [0.2, 0.25) is 0 Å².